The Labute approximate surface area is 168 Å². The Morgan fingerprint density at radius 3 is 2.86 bits per heavy atom. The molecule has 0 radical (unpaired) electrons. The highest BCUT2D eigenvalue weighted by Gasteiger charge is 2.24. The fourth-order valence-electron chi connectivity index (χ4n) is 3.97. The molecule has 150 valence electrons. The summed E-state index contributed by atoms with van der Waals surface area (Å²) in [4.78, 5) is 14.4. The molecule has 1 N–H and O–H groups in total. The van der Waals surface area contributed by atoms with Crippen LogP contribution in [0.15, 0.2) is 42.9 Å². The van der Waals surface area contributed by atoms with E-state index in [-0.39, 0.29) is 6.04 Å². The lowest BCUT2D eigenvalue weighted by Gasteiger charge is -2.34. The van der Waals surface area contributed by atoms with Crippen molar-refractivity contribution >= 4 is 37.9 Å². The predicted molar refractivity (Wildman–Crippen MR) is 113 cm³/mol. The number of nitrogens with one attached hydrogen (secondary N) is 1. The zero-order valence-corrected chi connectivity index (χ0v) is 17.0. The van der Waals surface area contributed by atoms with Gasteiger partial charge in [0.25, 0.3) is 0 Å². The molecule has 0 saturated carbocycles. The molecule has 0 aliphatic carbocycles. The maximum absolute atomic E-state index is 12.4. The number of hydrogen-bond donors (Lipinski definition) is 1. The van der Waals surface area contributed by atoms with E-state index in [1.54, 1.807) is 12.4 Å². The second-order valence-corrected chi connectivity index (χ2v) is 9.22. The summed E-state index contributed by atoms with van der Waals surface area (Å²) < 4.78 is 31.5. The van der Waals surface area contributed by atoms with Crippen LogP contribution in [0.5, 0.6) is 0 Å². The molecule has 9 heteroatoms. The van der Waals surface area contributed by atoms with Crippen LogP contribution in [0.4, 0.5) is 5.82 Å². The molecule has 0 spiro atoms. The van der Waals surface area contributed by atoms with Crippen molar-refractivity contribution in [2.75, 3.05) is 30.9 Å². The van der Waals surface area contributed by atoms with Gasteiger partial charge >= 0.3 is 0 Å². The minimum atomic E-state index is -3.49. The fourth-order valence-corrected chi connectivity index (χ4v) is 4.71. The lowest BCUT2D eigenvalue weighted by Crippen LogP contribution is -2.44. The second kappa shape index (κ2) is 6.57. The van der Waals surface area contributed by atoms with Gasteiger partial charge in [0.05, 0.1) is 25.5 Å². The molecular formula is C20H21N5O3S. The number of morpholine rings is 1. The number of pyridine rings is 2. The van der Waals surface area contributed by atoms with E-state index < -0.39 is 10.0 Å². The summed E-state index contributed by atoms with van der Waals surface area (Å²) in [6.07, 6.45) is 6.37. The van der Waals surface area contributed by atoms with E-state index >= 15 is 0 Å². The van der Waals surface area contributed by atoms with Crippen LogP contribution in [0.1, 0.15) is 6.92 Å². The molecule has 4 aromatic heterocycles. The maximum Gasteiger partial charge on any atom is 0.237 e. The number of rotatable bonds is 3. The first kappa shape index (κ1) is 18.1. The van der Waals surface area contributed by atoms with Gasteiger partial charge in [-0.3, -0.25) is 0 Å². The van der Waals surface area contributed by atoms with Gasteiger partial charge in [-0.25, -0.2) is 22.4 Å². The number of nitrogens with zero attached hydrogens (tertiary/aromatic N) is 4. The molecule has 0 aromatic carbocycles. The first-order valence-electron chi connectivity index (χ1n) is 9.43. The van der Waals surface area contributed by atoms with Crippen LogP contribution < -0.4 is 4.90 Å². The van der Waals surface area contributed by atoms with Crippen LogP contribution in [0, 0.1) is 0 Å². The summed E-state index contributed by atoms with van der Waals surface area (Å²) in [7, 11) is -3.49. The molecular weight excluding hydrogens is 390 g/mol. The van der Waals surface area contributed by atoms with Gasteiger partial charge in [-0.15, -0.1) is 0 Å². The van der Waals surface area contributed by atoms with Gasteiger partial charge < -0.3 is 14.6 Å². The molecule has 1 aliphatic rings. The highest BCUT2D eigenvalue weighted by Crippen LogP contribution is 2.36. The van der Waals surface area contributed by atoms with Crippen LogP contribution in [-0.2, 0) is 14.8 Å². The van der Waals surface area contributed by atoms with Gasteiger partial charge in [0.2, 0.25) is 10.0 Å². The Morgan fingerprint density at radius 2 is 2.07 bits per heavy atom. The van der Waals surface area contributed by atoms with Crippen LogP contribution in [-0.4, -0.2) is 59.4 Å². The van der Waals surface area contributed by atoms with Crippen LogP contribution in [0.2, 0.25) is 0 Å². The number of ether oxygens (including phenoxy) is 1. The van der Waals surface area contributed by atoms with Crippen molar-refractivity contribution in [3.63, 3.8) is 0 Å². The largest absolute Gasteiger partial charge is 0.377 e. The highest BCUT2D eigenvalue weighted by molar-refractivity contribution is 7.89. The number of anilines is 1. The van der Waals surface area contributed by atoms with Gasteiger partial charge in [0.1, 0.15) is 11.5 Å². The summed E-state index contributed by atoms with van der Waals surface area (Å²) >= 11 is 0. The molecule has 29 heavy (non-hydrogen) atoms. The first-order valence-corrected chi connectivity index (χ1v) is 11.3. The van der Waals surface area contributed by atoms with Crippen molar-refractivity contribution in [2.24, 2.45) is 0 Å². The smallest absolute Gasteiger partial charge is 0.237 e. The Bertz CT molecular complexity index is 1320. The Hall–Kier alpha value is -2.91. The van der Waals surface area contributed by atoms with E-state index in [2.05, 4.69) is 21.8 Å². The van der Waals surface area contributed by atoms with E-state index in [0.29, 0.717) is 25.4 Å². The minimum absolute atomic E-state index is 0.146. The molecule has 1 saturated heterocycles. The third kappa shape index (κ3) is 2.97. The number of hydrogen-bond acceptors (Lipinski definition) is 6. The molecule has 0 bridgehead atoms. The molecule has 5 heterocycles. The van der Waals surface area contributed by atoms with Crippen molar-refractivity contribution in [2.45, 2.75) is 13.0 Å². The van der Waals surface area contributed by atoms with Crippen LogP contribution >= 0.6 is 0 Å². The standard InChI is InChI=1S/C20H21N5O3S/c1-13-12-28-10-9-24(13)18-11-17(14-3-6-21-19-15(14)4-7-22-19)16-5-8-25(20(16)23-18)29(2,26)27/h3-8,11,13H,9-10,12H2,1-2H3,(H,21,22)/t13-/m1/s1. The summed E-state index contributed by atoms with van der Waals surface area (Å²) in [6.45, 7) is 4.01. The second-order valence-electron chi connectivity index (χ2n) is 7.36. The molecule has 1 atom stereocenters. The third-order valence-corrected chi connectivity index (χ3v) is 6.39. The van der Waals surface area contributed by atoms with Crippen LogP contribution in [0.25, 0.3) is 33.2 Å². The zero-order valence-electron chi connectivity index (χ0n) is 16.2. The third-order valence-electron chi connectivity index (χ3n) is 5.38. The average molecular weight is 411 g/mol. The summed E-state index contributed by atoms with van der Waals surface area (Å²) in [6, 6.07) is 7.93. The van der Waals surface area contributed by atoms with E-state index in [9.17, 15) is 8.42 Å². The van der Waals surface area contributed by atoms with Crippen molar-refractivity contribution in [3.05, 3.63) is 42.9 Å². The quantitative estimate of drug-likeness (QED) is 0.557. The topological polar surface area (TPSA) is 93.1 Å². The van der Waals surface area contributed by atoms with Gasteiger partial charge in [0, 0.05) is 35.9 Å². The molecule has 0 amide bonds. The Kier molecular flexibility index (Phi) is 4.11. The Morgan fingerprint density at radius 1 is 1.21 bits per heavy atom. The fraction of sp³-hybridized carbons (Fsp3) is 0.300. The SMILES string of the molecule is C[C@@H]1COCCN1c1cc(-c2ccnc3[nH]ccc23)c2ccn(S(C)(=O)=O)c2n1. The van der Waals surface area contributed by atoms with Crippen molar-refractivity contribution < 1.29 is 13.2 Å². The van der Waals surface area contributed by atoms with Gasteiger partial charge in [-0.2, -0.15) is 0 Å². The average Bonchev–Trinajstić information content (AvgIpc) is 3.34. The van der Waals surface area contributed by atoms with Crippen molar-refractivity contribution in [1.29, 1.82) is 0 Å². The van der Waals surface area contributed by atoms with E-state index in [4.69, 9.17) is 9.72 Å². The lowest BCUT2D eigenvalue weighted by molar-refractivity contribution is 0.0986. The van der Waals surface area contributed by atoms with E-state index in [0.717, 1.165) is 33.4 Å². The van der Waals surface area contributed by atoms with E-state index in [1.165, 1.54) is 10.2 Å². The van der Waals surface area contributed by atoms with E-state index in [1.807, 2.05) is 30.5 Å². The molecule has 0 unspecified atom stereocenters. The minimum Gasteiger partial charge on any atom is -0.377 e. The summed E-state index contributed by atoms with van der Waals surface area (Å²) in [5.41, 5.74) is 3.13. The molecule has 1 aliphatic heterocycles. The number of aromatic amines is 1. The maximum atomic E-state index is 12.4. The zero-order chi connectivity index (χ0) is 20.2. The van der Waals surface area contributed by atoms with Gasteiger partial charge in [-0.05, 0) is 42.3 Å². The molecule has 4 aromatic rings. The number of aromatic nitrogens is 4. The lowest BCUT2D eigenvalue weighted by atomic mass is 10.0. The van der Waals surface area contributed by atoms with Crippen molar-refractivity contribution in [3.8, 4) is 11.1 Å². The summed E-state index contributed by atoms with van der Waals surface area (Å²) in [5.74, 6) is 0.743. The van der Waals surface area contributed by atoms with Gasteiger partial charge in [-0.1, -0.05) is 0 Å². The van der Waals surface area contributed by atoms with Crippen molar-refractivity contribution in [1.82, 2.24) is 18.9 Å². The molecule has 1 fully saturated rings. The number of H-pyrrole nitrogens is 1. The molecule has 8 nitrogen and oxygen atoms in total. The highest BCUT2D eigenvalue weighted by atomic mass is 32.2. The summed E-state index contributed by atoms with van der Waals surface area (Å²) in [5, 5.41) is 1.77. The Balaban J connectivity index is 1.83. The monoisotopic (exact) mass is 411 g/mol. The normalized spacial score (nSPS) is 18.0. The van der Waals surface area contributed by atoms with Gasteiger partial charge in [0.15, 0.2) is 5.65 Å². The molecule has 5 rings (SSSR count). The van der Waals surface area contributed by atoms with Crippen LogP contribution in [0.3, 0.4) is 0 Å². The first-order chi connectivity index (χ1) is 13.9. The number of fused-ring (bicyclic) bond motifs is 2. The predicted octanol–water partition coefficient (Wildman–Crippen LogP) is 2.61.